The van der Waals surface area contributed by atoms with Crippen molar-refractivity contribution in [3.63, 3.8) is 0 Å². The summed E-state index contributed by atoms with van der Waals surface area (Å²) < 4.78 is 0. The Kier molecular flexibility index (Phi) is 4.48. The van der Waals surface area contributed by atoms with Gasteiger partial charge in [-0.25, -0.2) is 0 Å². The summed E-state index contributed by atoms with van der Waals surface area (Å²) in [5, 5.41) is 7.38. The Hall–Kier alpha value is -2.20. The standard InChI is InChI=1S/C16H20N4/c1-12-4-3-5-15(19-12)11-20(2)10-13-6-8-14(9-7-13)16(17)18/h3-9H,10-11H2,1-2H3,(H3,17,18). The van der Waals surface area contributed by atoms with Crippen molar-refractivity contribution in [2.45, 2.75) is 20.0 Å². The molecule has 0 bridgehead atoms. The van der Waals surface area contributed by atoms with Gasteiger partial charge in [0.05, 0.1) is 5.69 Å². The molecule has 20 heavy (non-hydrogen) atoms. The molecule has 1 heterocycles. The molecule has 104 valence electrons. The minimum Gasteiger partial charge on any atom is -0.384 e. The van der Waals surface area contributed by atoms with Gasteiger partial charge in [-0.3, -0.25) is 15.3 Å². The Labute approximate surface area is 119 Å². The zero-order chi connectivity index (χ0) is 14.5. The van der Waals surface area contributed by atoms with Crippen LogP contribution in [0.5, 0.6) is 0 Å². The van der Waals surface area contributed by atoms with E-state index in [1.165, 1.54) is 5.56 Å². The summed E-state index contributed by atoms with van der Waals surface area (Å²) in [6.07, 6.45) is 0. The zero-order valence-electron chi connectivity index (χ0n) is 11.9. The minimum absolute atomic E-state index is 0.105. The van der Waals surface area contributed by atoms with Crippen molar-refractivity contribution in [1.29, 1.82) is 5.41 Å². The number of rotatable bonds is 5. The molecule has 1 aromatic carbocycles. The van der Waals surface area contributed by atoms with Crippen molar-refractivity contribution in [3.05, 3.63) is 65.0 Å². The van der Waals surface area contributed by atoms with E-state index in [4.69, 9.17) is 11.1 Å². The van der Waals surface area contributed by atoms with Crippen LogP contribution >= 0.6 is 0 Å². The maximum Gasteiger partial charge on any atom is 0.122 e. The van der Waals surface area contributed by atoms with Gasteiger partial charge in [0.25, 0.3) is 0 Å². The van der Waals surface area contributed by atoms with Crippen LogP contribution in [0.1, 0.15) is 22.5 Å². The lowest BCUT2D eigenvalue weighted by Gasteiger charge is -2.16. The summed E-state index contributed by atoms with van der Waals surface area (Å²) in [6, 6.07) is 13.9. The highest BCUT2D eigenvalue weighted by atomic mass is 15.1. The van der Waals surface area contributed by atoms with Gasteiger partial charge < -0.3 is 5.73 Å². The molecule has 0 aliphatic rings. The first-order valence-corrected chi connectivity index (χ1v) is 6.59. The van der Waals surface area contributed by atoms with E-state index in [-0.39, 0.29) is 5.84 Å². The van der Waals surface area contributed by atoms with Crippen LogP contribution in [0.2, 0.25) is 0 Å². The topological polar surface area (TPSA) is 66.0 Å². The predicted octanol–water partition coefficient (Wildman–Crippen LogP) is 2.31. The van der Waals surface area contributed by atoms with E-state index in [0.29, 0.717) is 0 Å². The van der Waals surface area contributed by atoms with E-state index in [1.54, 1.807) is 0 Å². The fourth-order valence-electron chi connectivity index (χ4n) is 2.12. The maximum absolute atomic E-state index is 7.38. The first-order valence-electron chi connectivity index (χ1n) is 6.59. The van der Waals surface area contributed by atoms with E-state index >= 15 is 0 Å². The molecule has 0 atom stereocenters. The number of aromatic nitrogens is 1. The highest BCUT2D eigenvalue weighted by Crippen LogP contribution is 2.09. The van der Waals surface area contributed by atoms with E-state index in [9.17, 15) is 0 Å². The van der Waals surface area contributed by atoms with Gasteiger partial charge in [-0.15, -0.1) is 0 Å². The molecule has 0 fully saturated rings. The molecule has 4 heteroatoms. The van der Waals surface area contributed by atoms with Gasteiger partial charge in [0.1, 0.15) is 5.84 Å². The van der Waals surface area contributed by atoms with Crippen molar-refractivity contribution < 1.29 is 0 Å². The van der Waals surface area contributed by atoms with E-state index in [2.05, 4.69) is 16.9 Å². The number of benzene rings is 1. The smallest absolute Gasteiger partial charge is 0.122 e. The van der Waals surface area contributed by atoms with E-state index in [1.807, 2.05) is 49.4 Å². The minimum atomic E-state index is 0.105. The molecule has 2 rings (SSSR count). The zero-order valence-corrected chi connectivity index (χ0v) is 11.9. The van der Waals surface area contributed by atoms with Gasteiger partial charge in [0.2, 0.25) is 0 Å². The van der Waals surface area contributed by atoms with Crippen LogP contribution in [0.15, 0.2) is 42.5 Å². The summed E-state index contributed by atoms with van der Waals surface area (Å²) >= 11 is 0. The summed E-state index contributed by atoms with van der Waals surface area (Å²) in [6.45, 7) is 3.66. The summed E-state index contributed by atoms with van der Waals surface area (Å²) in [7, 11) is 2.07. The molecule has 0 saturated heterocycles. The average Bonchev–Trinajstić information content (AvgIpc) is 2.39. The molecule has 0 saturated carbocycles. The third kappa shape index (κ3) is 3.90. The molecule has 3 N–H and O–H groups in total. The van der Waals surface area contributed by atoms with Crippen LogP contribution in [0.25, 0.3) is 0 Å². The lowest BCUT2D eigenvalue weighted by Crippen LogP contribution is -2.18. The molecule has 0 aliphatic carbocycles. The number of hydrogen-bond donors (Lipinski definition) is 2. The number of nitrogens with two attached hydrogens (primary N) is 1. The van der Waals surface area contributed by atoms with Crippen molar-refractivity contribution in [1.82, 2.24) is 9.88 Å². The van der Waals surface area contributed by atoms with Gasteiger partial charge in [0, 0.05) is 24.3 Å². The summed E-state index contributed by atoms with van der Waals surface area (Å²) in [4.78, 5) is 6.72. The number of hydrogen-bond acceptors (Lipinski definition) is 3. The SMILES string of the molecule is Cc1cccc(CN(C)Cc2ccc(C(=N)N)cc2)n1. The average molecular weight is 268 g/mol. The Morgan fingerprint density at radius 2 is 1.85 bits per heavy atom. The van der Waals surface area contributed by atoms with Crippen LogP contribution in [-0.4, -0.2) is 22.8 Å². The highest BCUT2D eigenvalue weighted by molar-refractivity contribution is 5.94. The van der Waals surface area contributed by atoms with Crippen molar-refractivity contribution in [2.24, 2.45) is 5.73 Å². The first kappa shape index (κ1) is 14.2. The third-order valence-electron chi connectivity index (χ3n) is 3.10. The molecule has 2 aromatic rings. The number of nitrogens with zero attached hydrogens (tertiary/aromatic N) is 2. The first-order chi connectivity index (χ1) is 9.54. The normalized spacial score (nSPS) is 10.8. The fraction of sp³-hybridized carbons (Fsp3) is 0.250. The van der Waals surface area contributed by atoms with Crippen LogP contribution in [0, 0.1) is 12.3 Å². The Balaban J connectivity index is 1.97. The lowest BCUT2D eigenvalue weighted by atomic mass is 10.1. The number of nitrogens with one attached hydrogen (secondary N) is 1. The second-order valence-corrected chi connectivity index (χ2v) is 5.05. The highest BCUT2D eigenvalue weighted by Gasteiger charge is 2.04. The van der Waals surface area contributed by atoms with Crippen LogP contribution in [0.3, 0.4) is 0 Å². The van der Waals surface area contributed by atoms with Crippen molar-refractivity contribution >= 4 is 5.84 Å². The number of pyridine rings is 1. The van der Waals surface area contributed by atoms with Crippen LogP contribution in [0.4, 0.5) is 0 Å². The van der Waals surface area contributed by atoms with Crippen molar-refractivity contribution in [2.75, 3.05) is 7.05 Å². The maximum atomic E-state index is 7.38. The summed E-state index contributed by atoms with van der Waals surface area (Å²) in [5.41, 5.74) is 9.53. The van der Waals surface area contributed by atoms with Crippen LogP contribution in [-0.2, 0) is 13.1 Å². The van der Waals surface area contributed by atoms with Crippen molar-refractivity contribution in [3.8, 4) is 0 Å². The fourth-order valence-corrected chi connectivity index (χ4v) is 2.12. The van der Waals surface area contributed by atoms with Gasteiger partial charge in [-0.05, 0) is 31.7 Å². The van der Waals surface area contributed by atoms with Gasteiger partial charge in [0.15, 0.2) is 0 Å². The Morgan fingerprint density at radius 3 is 2.45 bits per heavy atom. The Morgan fingerprint density at radius 1 is 1.15 bits per heavy atom. The second kappa shape index (κ2) is 6.30. The quantitative estimate of drug-likeness (QED) is 0.646. The molecular formula is C16H20N4. The van der Waals surface area contributed by atoms with E-state index in [0.717, 1.165) is 30.0 Å². The molecule has 0 amide bonds. The number of aryl methyl sites for hydroxylation is 1. The largest absolute Gasteiger partial charge is 0.384 e. The molecule has 1 aromatic heterocycles. The predicted molar refractivity (Wildman–Crippen MR) is 81.6 cm³/mol. The van der Waals surface area contributed by atoms with E-state index < -0.39 is 0 Å². The third-order valence-corrected chi connectivity index (χ3v) is 3.10. The molecule has 0 unspecified atom stereocenters. The van der Waals surface area contributed by atoms with Gasteiger partial charge in [-0.1, -0.05) is 30.3 Å². The van der Waals surface area contributed by atoms with Crippen LogP contribution < -0.4 is 5.73 Å². The molecule has 4 nitrogen and oxygen atoms in total. The summed E-state index contributed by atoms with van der Waals surface area (Å²) in [5.74, 6) is 0.105. The molecule has 0 aliphatic heterocycles. The lowest BCUT2D eigenvalue weighted by molar-refractivity contribution is 0.315. The Bertz CT molecular complexity index is 590. The molecular weight excluding hydrogens is 248 g/mol. The second-order valence-electron chi connectivity index (χ2n) is 5.05. The van der Waals surface area contributed by atoms with Gasteiger partial charge >= 0.3 is 0 Å². The molecule has 0 spiro atoms. The monoisotopic (exact) mass is 268 g/mol. The van der Waals surface area contributed by atoms with Gasteiger partial charge in [-0.2, -0.15) is 0 Å². The number of amidine groups is 1. The number of nitrogen functional groups attached to an aromatic ring is 1. The molecule has 0 radical (unpaired) electrons.